The molecular weight excluding hydrogens is 479 g/mol. The second kappa shape index (κ2) is 9.71. The lowest BCUT2D eigenvalue weighted by Crippen LogP contribution is -2.38. The van der Waals surface area contributed by atoms with Gasteiger partial charge in [-0.05, 0) is 68.1 Å². The van der Waals surface area contributed by atoms with Gasteiger partial charge in [-0.25, -0.2) is 9.18 Å². The maximum atomic E-state index is 14.5. The Morgan fingerprint density at radius 3 is 2.24 bits per heavy atom. The predicted octanol–water partition coefficient (Wildman–Crippen LogP) is 6.62. The van der Waals surface area contributed by atoms with Crippen LogP contribution in [0.3, 0.4) is 0 Å². The normalized spacial score (nSPS) is 13.1. The van der Waals surface area contributed by atoms with Gasteiger partial charge >= 0.3 is 12.1 Å². The van der Waals surface area contributed by atoms with Gasteiger partial charge in [-0.1, -0.05) is 18.2 Å². The first-order valence-electron chi connectivity index (χ1n) is 10.1. The van der Waals surface area contributed by atoms with Crippen LogP contribution in [0.4, 0.5) is 22.0 Å². The number of hydrogen-bond donors (Lipinski definition) is 2. The van der Waals surface area contributed by atoms with Crippen LogP contribution in [0.2, 0.25) is 0 Å². The number of benzene rings is 2. The molecule has 0 fully saturated rings. The molecule has 3 rings (SSSR count). The van der Waals surface area contributed by atoms with Crippen LogP contribution in [0.25, 0.3) is 10.4 Å². The fourth-order valence-electron chi connectivity index (χ4n) is 3.11. The van der Waals surface area contributed by atoms with E-state index in [4.69, 9.17) is 9.84 Å². The van der Waals surface area contributed by atoms with Crippen molar-refractivity contribution < 1.29 is 41.7 Å². The van der Waals surface area contributed by atoms with E-state index in [2.05, 4.69) is 0 Å². The zero-order valence-corrected chi connectivity index (χ0v) is 18.9. The maximum Gasteiger partial charge on any atom is 0.416 e. The van der Waals surface area contributed by atoms with Gasteiger partial charge in [0.25, 0.3) is 0 Å². The largest absolute Gasteiger partial charge is 0.478 e. The van der Waals surface area contributed by atoms with Gasteiger partial charge in [-0.3, -0.25) is 0 Å². The van der Waals surface area contributed by atoms with Crippen molar-refractivity contribution >= 4 is 17.3 Å². The molecule has 182 valence electrons. The summed E-state index contributed by atoms with van der Waals surface area (Å²) in [4.78, 5) is 12.3. The number of ether oxygens (including phenoxy) is 1. The van der Waals surface area contributed by atoms with Crippen LogP contribution in [-0.4, -0.2) is 21.8 Å². The number of carbonyl (C=O) groups is 1. The van der Waals surface area contributed by atoms with E-state index >= 15 is 0 Å². The van der Waals surface area contributed by atoms with Gasteiger partial charge in [0.15, 0.2) is 17.2 Å². The number of aliphatic hydroxyl groups is 1. The molecule has 0 amide bonds. The molecule has 34 heavy (non-hydrogen) atoms. The standard InChI is InChI=1S/C24H21F5O4S/c1-23(2,22(31)32)33-17-10-6-14(20(25)21(17)26)5-9-16(30)19-12-11-18(34-19)13-3-7-15(8-4-13)24(27,28)29/h3-4,6-8,10-12,16,30H,5,9H2,1-2H3,(H,31,32). The third-order valence-electron chi connectivity index (χ3n) is 5.15. The van der Waals surface area contributed by atoms with Gasteiger partial charge in [0, 0.05) is 9.75 Å². The predicted molar refractivity (Wildman–Crippen MR) is 117 cm³/mol. The first kappa shape index (κ1) is 25.6. The first-order chi connectivity index (χ1) is 15.8. The zero-order chi connectivity index (χ0) is 25.3. The Hall–Kier alpha value is -2.98. The smallest absolute Gasteiger partial charge is 0.416 e. The molecular formula is C24H21F5O4S. The third kappa shape index (κ3) is 5.74. The number of aliphatic hydroxyl groups excluding tert-OH is 1. The second-order valence-corrected chi connectivity index (χ2v) is 9.22. The number of halogens is 5. The summed E-state index contributed by atoms with van der Waals surface area (Å²) in [6.07, 6.45) is -5.39. The SMILES string of the molecule is CC(C)(Oc1ccc(CCC(O)c2ccc(-c3ccc(C(F)(F)F)cc3)s2)c(F)c1F)C(=O)O. The Bertz CT molecular complexity index is 1170. The molecule has 0 aliphatic heterocycles. The average molecular weight is 500 g/mol. The summed E-state index contributed by atoms with van der Waals surface area (Å²) < 4.78 is 72.1. The van der Waals surface area contributed by atoms with Crippen LogP contribution in [-0.2, 0) is 17.4 Å². The zero-order valence-electron chi connectivity index (χ0n) is 18.1. The van der Waals surface area contributed by atoms with Crippen LogP contribution in [0.5, 0.6) is 5.75 Å². The fourth-order valence-corrected chi connectivity index (χ4v) is 4.14. The monoisotopic (exact) mass is 500 g/mol. The summed E-state index contributed by atoms with van der Waals surface area (Å²) in [7, 11) is 0. The Morgan fingerprint density at radius 1 is 1.00 bits per heavy atom. The van der Waals surface area contributed by atoms with Gasteiger partial charge in [0.2, 0.25) is 5.82 Å². The summed E-state index contributed by atoms with van der Waals surface area (Å²) in [6, 6.07) is 10.4. The molecule has 0 saturated carbocycles. The Morgan fingerprint density at radius 2 is 1.65 bits per heavy atom. The van der Waals surface area contributed by atoms with E-state index in [0.717, 1.165) is 18.2 Å². The summed E-state index contributed by atoms with van der Waals surface area (Å²) in [5.74, 6) is -4.38. The number of aliphatic carboxylic acids is 1. The lowest BCUT2D eigenvalue weighted by atomic mass is 10.0. The van der Waals surface area contributed by atoms with Crippen LogP contribution in [0, 0.1) is 11.6 Å². The highest BCUT2D eigenvalue weighted by Crippen LogP contribution is 2.36. The average Bonchev–Trinajstić information content (AvgIpc) is 3.26. The summed E-state index contributed by atoms with van der Waals surface area (Å²) in [5.41, 5.74) is -1.97. The van der Waals surface area contributed by atoms with Crippen LogP contribution >= 0.6 is 11.3 Å². The first-order valence-corrected chi connectivity index (χ1v) is 11.0. The van der Waals surface area contributed by atoms with Gasteiger partial charge in [0.05, 0.1) is 11.7 Å². The van der Waals surface area contributed by atoms with E-state index in [-0.39, 0.29) is 18.4 Å². The molecule has 0 spiro atoms. The summed E-state index contributed by atoms with van der Waals surface area (Å²) in [6.45, 7) is 2.41. The third-order valence-corrected chi connectivity index (χ3v) is 6.38. The molecule has 3 aromatic rings. The van der Waals surface area contributed by atoms with Crippen molar-refractivity contribution in [3.8, 4) is 16.2 Å². The topological polar surface area (TPSA) is 66.8 Å². The van der Waals surface area contributed by atoms with E-state index in [1.807, 2.05) is 0 Å². The lowest BCUT2D eigenvalue weighted by molar-refractivity contribution is -0.152. The molecule has 0 bridgehead atoms. The number of thiophene rings is 1. The minimum Gasteiger partial charge on any atom is -0.478 e. The van der Waals surface area contributed by atoms with E-state index in [1.54, 1.807) is 12.1 Å². The molecule has 4 nitrogen and oxygen atoms in total. The Labute approximate surface area is 196 Å². The van der Waals surface area contributed by atoms with Crippen molar-refractivity contribution in [2.45, 2.75) is 44.6 Å². The molecule has 1 heterocycles. The van der Waals surface area contributed by atoms with E-state index in [0.29, 0.717) is 15.3 Å². The van der Waals surface area contributed by atoms with Crippen molar-refractivity contribution in [1.29, 1.82) is 0 Å². The van der Waals surface area contributed by atoms with Crippen molar-refractivity contribution in [3.63, 3.8) is 0 Å². The lowest BCUT2D eigenvalue weighted by Gasteiger charge is -2.22. The number of aryl methyl sites for hydroxylation is 1. The fraction of sp³-hybridized carbons (Fsp3) is 0.292. The van der Waals surface area contributed by atoms with Crippen LogP contribution in [0.15, 0.2) is 48.5 Å². The minimum atomic E-state index is -4.43. The molecule has 2 aromatic carbocycles. The molecule has 10 heteroatoms. The second-order valence-electron chi connectivity index (χ2n) is 8.10. The Balaban J connectivity index is 1.67. The quantitative estimate of drug-likeness (QED) is 0.341. The molecule has 0 aliphatic carbocycles. The number of carboxylic acid groups (broad SMARTS) is 1. The van der Waals surface area contributed by atoms with Crippen molar-refractivity contribution in [3.05, 3.63) is 76.2 Å². The van der Waals surface area contributed by atoms with Crippen LogP contribution in [0.1, 0.15) is 42.4 Å². The van der Waals surface area contributed by atoms with E-state index in [1.165, 1.54) is 43.4 Å². The number of alkyl halides is 3. The Kier molecular flexibility index (Phi) is 7.32. The van der Waals surface area contributed by atoms with Crippen molar-refractivity contribution in [2.24, 2.45) is 0 Å². The molecule has 1 unspecified atom stereocenters. The highest BCUT2D eigenvalue weighted by Gasteiger charge is 2.32. The highest BCUT2D eigenvalue weighted by molar-refractivity contribution is 7.15. The molecule has 0 saturated heterocycles. The van der Waals surface area contributed by atoms with Gasteiger partial charge in [0.1, 0.15) is 0 Å². The number of rotatable bonds is 8. The van der Waals surface area contributed by atoms with Gasteiger partial charge < -0.3 is 14.9 Å². The molecule has 0 radical (unpaired) electrons. The van der Waals surface area contributed by atoms with Crippen molar-refractivity contribution in [2.75, 3.05) is 0 Å². The highest BCUT2D eigenvalue weighted by atomic mass is 32.1. The van der Waals surface area contributed by atoms with Crippen LogP contribution < -0.4 is 4.74 Å². The molecule has 2 N–H and O–H groups in total. The molecule has 1 atom stereocenters. The van der Waals surface area contributed by atoms with E-state index in [9.17, 15) is 31.9 Å². The summed E-state index contributed by atoms with van der Waals surface area (Å²) >= 11 is 1.19. The maximum absolute atomic E-state index is 14.5. The van der Waals surface area contributed by atoms with Crippen molar-refractivity contribution in [1.82, 2.24) is 0 Å². The molecule has 0 aliphatic rings. The van der Waals surface area contributed by atoms with Gasteiger partial charge in [-0.2, -0.15) is 17.6 Å². The molecule has 1 aromatic heterocycles. The number of hydrogen-bond acceptors (Lipinski definition) is 4. The summed E-state index contributed by atoms with van der Waals surface area (Å²) in [5, 5.41) is 19.6. The van der Waals surface area contributed by atoms with Gasteiger partial charge in [-0.15, -0.1) is 11.3 Å². The number of carboxylic acids is 1. The van der Waals surface area contributed by atoms with E-state index < -0.39 is 46.8 Å². The minimum absolute atomic E-state index is 0.0139.